The molecule has 0 aliphatic carbocycles. The molecule has 0 saturated carbocycles. The highest BCUT2D eigenvalue weighted by Gasteiger charge is 2.29. The summed E-state index contributed by atoms with van der Waals surface area (Å²) in [6, 6.07) is 18.9. The van der Waals surface area contributed by atoms with E-state index in [9.17, 15) is 20.3 Å². The third-order valence-electron chi connectivity index (χ3n) is 9.40. The van der Waals surface area contributed by atoms with Crippen LogP contribution in [0.1, 0.15) is 54.5 Å². The summed E-state index contributed by atoms with van der Waals surface area (Å²) in [6.07, 6.45) is 4.51. The summed E-state index contributed by atoms with van der Waals surface area (Å²) < 4.78 is 18.6. The van der Waals surface area contributed by atoms with Gasteiger partial charge in [-0.25, -0.2) is 0 Å². The van der Waals surface area contributed by atoms with Crippen molar-refractivity contribution >= 4 is 29.0 Å². The number of halogens is 2. The van der Waals surface area contributed by atoms with Gasteiger partial charge in [-0.3, -0.25) is 15.1 Å². The Kier molecular flexibility index (Phi) is 13.5. The zero-order chi connectivity index (χ0) is 37.3. The molecule has 0 unspecified atom stereocenters. The number of pyridine rings is 1. The van der Waals surface area contributed by atoms with Gasteiger partial charge in [-0.15, -0.1) is 0 Å². The molecular formula is C40H44Cl2N4O6. The molecule has 0 bridgehead atoms. The van der Waals surface area contributed by atoms with Gasteiger partial charge in [0.15, 0.2) is 5.78 Å². The molecule has 12 heteroatoms. The molecule has 5 rings (SSSR count). The van der Waals surface area contributed by atoms with Crippen LogP contribution in [0.4, 0.5) is 0 Å². The van der Waals surface area contributed by atoms with Gasteiger partial charge in [0.05, 0.1) is 40.5 Å². The monoisotopic (exact) mass is 746 g/mol. The van der Waals surface area contributed by atoms with E-state index in [-0.39, 0.29) is 38.3 Å². The third kappa shape index (κ3) is 9.81. The molecule has 3 N–H and O–H groups in total. The lowest BCUT2D eigenvalue weighted by Crippen LogP contribution is -2.51. The fourth-order valence-corrected chi connectivity index (χ4v) is 6.46. The van der Waals surface area contributed by atoms with Crippen LogP contribution in [0.2, 0.25) is 10.0 Å². The van der Waals surface area contributed by atoms with Crippen molar-refractivity contribution in [2.75, 3.05) is 32.8 Å². The Morgan fingerprint density at radius 1 is 1.04 bits per heavy atom. The number of carbonyl (C=O) groups is 1. The Morgan fingerprint density at radius 2 is 1.81 bits per heavy atom. The molecule has 0 amide bonds. The number of aliphatic hydroxyl groups excluding tert-OH is 2. The number of benzene rings is 3. The second-order valence-corrected chi connectivity index (χ2v) is 14.0. The fourth-order valence-electron chi connectivity index (χ4n) is 5.93. The average Bonchev–Trinajstić information content (AvgIpc) is 3.57. The second-order valence-electron chi connectivity index (χ2n) is 13.2. The van der Waals surface area contributed by atoms with Crippen LogP contribution in [-0.2, 0) is 24.6 Å². The van der Waals surface area contributed by atoms with Crippen molar-refractivity contribution < 1.29 is 29.2 Å². The van der Waals surface area contributed by atoms with Crippen molar-refractivity contribution in [2.45, 2.75) is 65.0 Å². The molecule has 1 aliphatic rings. The van der Waals surface area contributed by atoms with E-state index >= 15 is 0 Å². The normalized spacial score (nSPS) is 15.5. The Labute approximate surface area is 314 Å². The number of nitriles is 1. The van der Waals surface area contributed by atoms with Crippen LogP contribution in [0.5, 0.6) is 17.2 Å². The number of hydrogen-bond acceptors (Lipinski definition) is 10. The zero-order valence-electron chi connectivity index (χ0n) is 29.6. The van der Waals surface area contributed by atoms with Gasteiger partial charge in [0.2, 0.25) is 0 Å². The molecule has 10 nitrogen and oxygen atoms in total. The maximum atomic E-state index is 12.2. The lowest BCUT2D eigenvalue weighted by atomic mass is 9.96. The number of nitrogens with zero attached hydrogens (tertiary/aromatic N) is 3. The van der Waals surface area contributed by atoms with Crippen LogP contribution in [0.25, 0.3) is 11.1 Å². The van der Waals surface area contributed by atoms with Crippen LogP contribution in [0, 0.1) is 18.3 Å². The number of Topliss-reactive ketones (excluding diaryl/α,β-unsaturated/α-hetero) is 1. The highest BCUT2D eigenvalue weighted by atomic mass is 35.5. The van der Waals surface area contributed by atoms with E-state index in [2.05, 4.69) is 21.3 Å². The number of aliphatic hydroxyl groups is 2. The minimum absolute atomic E-state index is 0.119. The third-order valence-corrected chi connectivity index (χ3v) is 10.1. The molecule has 0 radical (unpaired) electrons. The van der Waals surface area contributed by atoms with Gasteiger partial charge in [0.25, 0.3) is 0 Å². The van der Waals surface area contributed by atoms with Gasteiger partial charge in [-0.1, -0.05) is 53.5 Å². The van der Waals surface area contributed by atoms with E-state index in [1.807, 2.05) is 43.3 Å². The number of rotatable bonds is 17. The van der Waals surface area contributed by atoms with E-state index in [1.54, 1.807) is 31.3 Å². The van der Waals surface area contributed by atoms with E-state index in [4.69, 9.17) is 37.4 Å². The Balaban J connectivity index is 1.32. The van der Waals surface area contributed by atoms with Gasteiger partial charge in [0, 0.05) is 61.3 Å². The predicted molar refractivity (Wildman–Crippen MR) is 201 cm³/mol. The number of aromatic nitrogens is 1. The van der Waals surface area contributed by atoms with Gasteiger partial charge in [-0.05, 0) is 68.5 Å². The number of ketones is 1. The van der Waals surface area contributed by atoms with Crippen molar-refractivity contribution in [1.29, 1.82) is 5.26 Å². The van der Waals surface area contributed by atoms with Crippen LogP contribution < -0.4 is 19.5 Å². The van der Waals surface area contributed by atoms with Crippen molar-refractivity contribution in [3.8, 4) is 34.4 Å². The molecule has 1 aliphatic heterocycles. The van der Waals surface area contributed by atoms with Crippen LogP contribution in [-0.4, -0.2) is 70.4 Å². The van der Waals surface area contributed by atoms with Crippen LogP contribution in [0.3, 0.4) is 0 Å². The summed E-state index contributed by atoms with van der Waals surface area (Å²) in [4.78, 5) is 18.6. The number of nitrogens with one attached hydrogen (secondary N) is 1. The molecule has 274 valence electrons. The molecule has 1 fully saturated rings. The number of likely N-dealkylation sites (tertiary alicyclic amines) is 1. The van der Waals surface area contributed by atoms with Crippen LogP contribution in [0.15, 0.2) is 67.0 Å². The SMILES string of the molecule is CC(=O)[C@](C)(CO)NCc1cc(Cl)c(OCc2cccc(-c3cccc(OCCCN4CC[C@@H](O)C4)c3Cl)c2C)cc1OCc1cncc(C#N)c1. The summed E-state index contributed by atoms with van der Waals surface area (Å²) >= 11 is 13.7. The lowest BCUT2D eigenvalue weighted by Gasteiger charge is -2.26. The average molecular weight is 748 g/mol. The summed E-state index contributed by atoms with van der Waals surface area (Å²) in [5, 5.41) is 33.0. The highest BCUT2D eigenvalue weighted by molar-refractivity contribution is 6.35. The largest absolute Gasteiger partial charge is 0.492 e. The van der Waals surface area contributed by atoms with E-state index in [1.165, 1.54) is 13.1 Å². The number of hydrogen-bond donors (Lipinski definition) is 3. The van der Waals surface area contributed by atoms with Crippen molar-refractivity contribution in [2.24, 2.45) is 0 Å². The highest BCUT2D eigenvalue weighted by Crippen LogP contribution is 2.39. The number of ether oxygens (including phenoxy) is 3. The van der Waals surface area contributed by atoms with Gasteiger partial charge in [0.1, 0.15) is 36.5 Å². The smallest absolute Gasteiger partial charge is 0.151 e. The fraction of sp³-hybridized carbons (Fsp3) is 0.375. The first kappa shape index (κ1) is 39.0. The molecule has 52 heavy (non-hydrogen) atoms. The van der Waals surface area contributed by atoms with Gasteiger partial charge >= 0.3 is 0 Å². The molecule has 3 aromatic carbocycles. The Hall–Kier alpha value is -4.21. The first-order valence-electron chi connectivity index (χ1n) is 17.2. The number of β-amino-alcohol motifs (C(OH)–C–C–N with tert-alkyl or cyclic N) is 1. The van der Waals surface area contributed by atoms with Crippen LogP contribution >= 0.6 is 23.2 Å². The molecule has 1 aromatic heterocycles. The molecule has 2 heterocycles. The lowest BCUT2D eigenvalue weighted by molar-refractivity contribution is -0.124. The first-order chi connectivity index (χ1) is 25.0. The van der Waals surface area contributed by atoms with E-state index in [0.29, 0.717) is 57.1 Å². The quantitative estimate of drug-likeness (QED) is 0.101. The summed E-state index contributed by atoms with van der Waals surface area (Å²) in [5.74, 6) is 1.25. The maximum Gasteiger partial charge on any atom is 0.151 e. The summed E-state index contributed by atoms with van der Waals surface area (Å²) in [5.41, 5.74) is 4.31. The maximum absolute atomic E-state index is 12.2. The standard InChI is InChI=1S/C40H44Cl2N4O6/c1-26-30(7-4-8-33(26)34-9-5-10-36(39(34)42)50-14-6-12-46-13-11-32(49)22-46)24-52-38-17-37(51-23-29-15-28(18-43)19-44-20-29)31(16-35(38)41)21-45-40(3,25-47)27(2)48/h4-5,7-10,15-17,19-20,32,45,47,49H,6,11-14,21-25H2,1-3H3/t32-,40+/m1/s1. The van der Waals surface area contributed by atoms with E-state index < -0.39 is 5.54 Å². The molecule has 0 spiro atoms. The van der Waals surface area contributed by atoms with Crippen molar-refractivity contribution in [1.82, 2.24) is 15.2 Å². The first-order valence-corrected chi connectivity index (χ1v) is 18.0. The topological polar surface area (TPSA) is 137 Å². The summed E-state index contributed by atoms with van der Waals surface area (Å²) in [7, 11) is 0. The minimum Gasteiger partial charge on any atom is -0.492 e. The zero-order valence-corrected chi connectivity index (χ0v) is 31.1. The Morgan fingerprint density at radius 3 is 2.54 bits per heavy atom. The van der Waals surface area contributed by atoms with E-state index in [0.717, 1.165) is 48.2 Å². The molecule has 4 aromatic rings. The van der Waals surface area contributed by atoms with Gasteiger partial charge in [-0.2, -0.15) is 5.26 Å². The Bertz CT molecular complexity index is 1920. The number of carbonyl (C=O) groups excluding carboxylic acids is 1. The predicted octanol–water partition coefficient (Wildman–Crippen LogP) is 6.66. The van der Waals surface area contributed by atoms with Gasteiger partial charge < -0.3 is 29.3 Å². The molecule has 1 saturated heterocycles. The molecule has 2 atom stereocenters. The minimum atomic E-state index is -1.15. The van der Waals surface area contributed by atoms with Crippen molar-refractivity contribution in [3.05, 3.63) is 105 Å². The second kappa shape index (κ2) is 18.0. The van der Waals surface area contributed by atoms with Crippen molar-refractivity contribution in [3.63, 3.8) is 0 Å². The molecular weight excluding hydrogens is 703 g/mol. The summed E-state index contributed by atoms with van der Waals surface area (Å²) in [6.45, 7) is 8.18.